The molecule has 3 rings (SSSR count). The van der Waals surface area contributed by atoms with Gasteiger partial charge in [0.15, 0.2) is 5.96 Å². The molecule has 1 heterocycles. The first-order chi connectivity index (χ1) is 11.6. The summed E-state index contributed by atoms with van der Waals surface area (Å²) < 4.78 is 26.8. The lowest BCUT2D eigenvalue weighted by Gasteiger charge is -2.21. The van der Waals surface area contributed by atoms with Crippen molar-refractivity contribution in [2.24, 2.45) is 4.99 Å². The smallest absolute Gasteiger partial charge is 0.236 e. The van der Waals surface area contributed by atoms with Gasteiger partial charge in [0.25, 0.3) is 0 Å². The quantitative estimate of drug-likeness (QED) is 0.295. The zero-order valence-electron chi connectivity index (χ0n) is 14.3. The van der Waals surface area contributed by atoms with Crippen LogP contribution in [0.15, 0.2) is 41.4 Å². The third kappa shape index (κ3) is 4.87. The van der Waals surface area contributed by atoms with Gasteiger partial charge in [-0.25, -0.2) is 8.42 Å². The first-order valence-electron chi connectivity index (χ1n) is 8.30. The number of benzene rings is 1. The molecule has 2 aliphatic rings. The molecule has 0 fully saturated rings. The van der Waals surface area contributed by atoms with Crippen molar-refractivity contribution in [1.82, 2.24) is 10.6 Å². The molecule has 0 saturated heterocycles. The number of para-hydroxylation sites is 1. The Hall–Kier alpha value is -1.29. The average molecular weight is 476 g/mol. The lowest BCUT2D eigenvalue weighted by atomic mass is 10.2. The number of nitrogens with zero attached hydrogens (tertiary/aromatic N) is 2. The van der Waals surface area contributed by atoms with E-state index in [1.807, 2.05) is 24.3 Å². The molecule has 1 aliphatic carbocycles. The van der Waals surface area contributed by atoms with E-state index in [1.54, 1.807) is 7.05 Å². The molecule has 0 bridgehead atoms. The molecule has 1 aromatic carbocycles. The van der Waals surface area contributed by atoms with Gasteiger partial charge in [-0.15, -0.1) is 24.0 Å². The van der Waals surface area contributed by atoms with Crippen LogP contribution in [0.3, 0.4) is 0 Å². The summed E-state index contributed by atoms with van der Waals surface area (Å²) in [4.78, 5) is 4.16. The molecule has 0 saturated carbocycles. The van der Waals surface area contributed by atoms with Crippen LogP contribution in [0.2, 0.25) is 0 Å². The van der Waals surface area contributed by atoms with Crippen LogP contribution in [-0.2, 0) is 16.4 Å². The highest BCUT2D eigenvalue weighted by Gasteiger charge is 2.28. The molecule has 0 spiro atoms. The zero-order chi connectivity index (χ0) is 17.0. The Kier molecular flexibility index (Phi) is 7.12. The van der Waals surface area contributed by atoms with Crippen molar-refractivity contribution >= 4 is 45.6 Å². The molecular formula is C17H25IN4O2S. The number of aliphatic imine (C=N–C) groups is 1. The first-order valence-corrected chi connectivity index (χ1v) is 9.91. The van der Waals surface area contributed by atoms with E-state index in [-0.39, 0.29) is 29.7 Å². The number of guanidine groups is 1. The van der Waals surface area contributed by atoms with Crippen molar-refractivity contribution in [1.29, 1.82) is 0 Å². The van der Waals surface area contributed by atoms with Crippen molar-refractivity contribution in [3.8, 4) is 0 Å². The molecule has 1 aliphatic heterocycles. The average Bonchev–Trinajstić information content (AvgIpc) is 3.23. The second-order valence-electron chi connectivity index (χ2n) is 6.05. The molecule has 138 valence electrons. The molecule has 8 heteroatoms. The van der Waals surface area contributed by atoms with E-state index in [2.05, 4.69) is 27.8 Å². The van der Waals surface area contributed by atoms with E-state index in [0.717, 1.165) is 30.5 Å². The summed E-state index contributed by atoms with van der Waals surface area (Å²) in [6, 6.07) is 8.04. The summed E-state index contributed by atoms with van der Waals surface area (Å²) in [5.41, 5.74) is 1.91. The van der Waals surface area contributed by atoms with Crippen molar-refractivity contribution in [2.75, 3.05) is 30.2 Å². The summed E-state index contributed by atoms with van der Waals surface area (Å²) >= 11 is 0. The number of nitrogens with one attached hydrogen (secondary N) is 2. The molecule has 6 nitrogen and oxygen atoms in total. The van der Waals surface area contributed by atoms with E-state index in [1.165, 1.54) is 4.31 Å². The Morgan fingerprint density at radius 3 is 2.72 bits per heavy atom. The minimum absolute atomic E-state index is 0. The maximum atomic E-state index is 12.6. The predicted octanol–water partition coefficient (Wildman–Crippen LogP) is 1.88. The Morgan fingerprint density at radius 2 is 2.00 bits per heavy atom. The van der Waals surface area contributed by atoms with Crippen molar-refractivity contribution in [2.45, 2.75) is 25.3 Å². The molecule has 0 radical (unpaired) electrons. The van der Waals surface area contributed by atoms with Gasteiger partial charge >= 0.3 is 0 Å². The van der Waals surface area contributed by atoms with Crippen LogP contribution >= 0.6 is 24.0 Å². The summed E-state index contributed by atoms with van der Waals surface area (Å²) in [7, 11) is -1.63. The third-order valence-corrected chi connectivity index (χ3v) is 6.18. The van der Waals surface area contributed by atoms with Gasteiger partial charge < -0.3 is 10.6 Å². The molecular weight excluding hydrogens is 451 g/mol. The number of halogens is 1. The highest BCUT2D eigenvalue weighted by molar-refractivity contribution is 14.0. The van der Waals surface area contributed by atoms with E-state index >= 15 is 0 Å². The fourth-order valence-corrected chi connectivity index (χ4v) is 4.56. The lowest BCUT2D eigenvalue weighted by molar-refractivity contribution is 0.590. The summed E-state index contributed by atoms with van der Waals surface area (Å²) in [5, 5.41) is 6.41. The lowest BCUT2D eigenvalue weighted by Crippen LogP contribution is -2.45. The summed E-state index contributed by atoms with van der Waals surface area (Å²) in [6.45, 7) is 0.864. The standard InChI is InChI=1S/C17H24N4O2S.HI/c1-18-17(20-15-7-3-4-8-15)19-11-13-24(22,23)21-12-10-14-6-2-5-9-16(14)21;/h2-6,9,15H,7-8,10-13H2,1H3,(H2,18,19,20);1H. The summed E-state index contributed by atoms with van der Waals surface area (Å²) in [5.74, 6) is 0.700. The topological polar surface area (TPSA) is 73.8 Å². The maximum Gasteiger partial charge on any atom is 0.236 e. The van der Waals surface area contributed by atoms with Crippen LogP contribution in [-0.4, -0.2) is 46.3 Å². The zero-order valence-corrected chi connectivity index (χ0v) is 17.5. The fraction of sp³-hybridized carbons (Fsp3) is 0.471. The molecule has 0 atom stereocenters. The molecule has 2 N–H and O–H groups in total. The molecule has 0 unspecified atom stereocenters. The van der Waals surface area contributed by atoms with Crippen LogP contribution in [0.5, 0.6) is 0 Å². The Balaban J connectivity index is 0.00000225. The highest BCUT2D eigenvalue weighted by Crippen LogP contribution is 2.29. The summed E-state index contributed by atoms with van der Waals surface area (Å²) in [6.07, 6.45) is 7.01. The van der Waals surface area contributed by atoms with E-state index in [4.69, 9.17) is 0 Å². The van der Waals surface area contributed by atoms with Crippen molar-refractivity contribution in [3.63, 3.8) is 0 Å². The number of rotatable bonds is 5. The van der Waals surface area contributed by atoms with Crippen LogP contribution in [0.1, 0.15) is 18.4 Å². The SMILES string of the molecule is CN=C(NCCS(=O)(=O)N1CCc2ccccc21)NC1CC=CC1.I. The minimum atomic E-state index is -3.33. The minimum Gasteiger partial charge on any atom is -0.355 e. The number of sulfonamides is 1. The molecule has 1 aromatic rings. The van der Waals surface area contributed by atoms with Gasteiger partial charge in [0.2, 0.25) is 10.0 Å². The largest absolute Gasteiger partial charge is 0.355 e. The molecule has 0 aromatic heterocycles. The fourth-order valence-electron chi connectivity index (χ4n) is 3.13. The van der Waals surface area contributed by atoms with Crippen LogP contribution < -0.4 is 14.9 Å². The van der Waals surface area contributed by atoms with Gasteiger partial charge in [-0.1, -0.05) is 30.4 Å². The molecule has 25 heavy (non-hydrogen) atoms. The number of fused-ring (bicyclic) bond motifs is 1. The van der Waals surface area contributed by atoms with Crippen LogP contribution in [0, 0.1) is 0 Å². The normalized spacial score (nSPS) is 17.3. The van der Waals surface area contributed by atoms with Crippen LogP contribution in [0.4, 0.5) is 5.69 Å². The second-order valence-corrected chi connectivity index (χ2v) is 8.06. The van der Waals surface area contributed by atoms with Gasteiger partial charge in [-0.2, -0.15) is 0 Å². The number of hydrogen-bond donors (Lipinski definition) is 2. The second kappa shape index (κ2) is 8.88. The Labute approximate surface area is 166 Å². The first kappa shape index (κ1) is 20.0. The van der Waals surface area contributed by atoms with Gasteiger partial charge in [-0.05, 0) is 30.9 Å². The van der Waals surface area contributed by atoms with Gasteiger partial charge in [-0.3, -0.25) is 9.30 Å². The van der Waals surface area contributed by atoms with Gasteiger partial charge in [0, 0.05) is 26.2 Å². The van der Waals surface area contributed by atoms with Gasteiger partial charge in [0.1, 0.15) is 0 Å². The number of hydrogen-bond acceptors (Lipinski definition) is 3. The van der Waals surface area contributed by atoms with Gasteiger partial charge in [0.05, 0.1) is 11.4 Å². The monoisotopic (exact) mass is 476 g/mol. The van der Waals surface area contributed by atoms with Crippen molar-refractivity contribution in [3.05, 3.63) is 42.0 Å². The Bertz CT molecular complexity index is 741. The third-order valence-electron chi connectivity index (χ3n) is 4.41. The number of anilines is 1. The van der Waals surface area contributed by atoms with Crippen LogP contribution in [0.25, 0.3) is 0 Å². The maximum absolute atomic E-state index is 12.6. The highest BCUT2D eigenvalue weighted by atomic mass is 127. The van der Waals surface area contributed by atoms with E-state index in [0.29, 0.717) is 25.1 Å². The molecule has 0 amide bonds. The van der Waals surface area contributed by atoms with E-state index in [9.17, 15) is 8.42 Å². The Morgan fingerprint density at radius 1 is 1.28 bits per heavy atom. The van der Waals surface area contributed by atoms with E-state index < -0.39 is 10.0 Å². The van der Waals surface area contributed by atoms with Crippen molar-refractivity contribution < 1.29 is 8.42 Å². The predicted molar refractivity (Wildman–Crippen MR) is 113 cm³/mol.